The summed E-state index contributed by atoms with van der Waals surface area (Å²) in [6.45, 7) is 6.25. The minimum atomic E-state index is -0.904. The molecule has 206 valence electrons. The minimum Gasteiger partial charge on any atom is -0.481 e. The Kier molecular flexibility index (Phi) is 7.55. The highest BCUT2D eigenvalue weighted by Crippen LogP contribution is 2.33. The summed E-state index contributed by atoms with van der Waals surface area (Å²) < 4.78 is 5.92. The van der Waals surface area contributed by atoms with Crippen LogP contribution < -0.4 is 10.6 Å². The molecule has 4 aromatic rings. The number of hydrogen-bond acceptors (Lipinski definition) is 7. The lowest BCUT2D eigenvalue weighted by Crippen LogP contribution is -2.27. The first-order valence-corrected chi connectivity index (χ1v) is 13.2. The number of aromatic nitrogens is 1. The number of rotatable bonds is 9. The van der Waals surface area contributed by atoms with Crippen molar-refractivity contribution in [1.82, 2.24) is 9.88 Å². The van der Waals surface area contributed by atoms with Crippen molar-refractivity contribution in [3.05, 3.63) is 82.9 Å². The molecule has 3 aromatic carbocycles. The molecule has 0 bridgehead atoms. The van der Waals surface area contributed by atoms with Gasteiger partial charge in [0, 0.05) is 43.7 Å². The van der Waals surface area contributed by atoms with Crippen LogP contribution in [0.2, 0.25) is 0 Å². The van der Waals surface area contributed by atoms with Gasteiger partial charge in [-0.25, -0.2) is 0 Å². The number of hydrogen-bond donors (Lipinski definition) is 3. The number of benzene rings is 3. The van der Waals surface area contributed by atoms with E-state index in [1.807, 2.05) is 74.5 Å². The van der Waals surface area contributed by atoms with Crippen molar-refractivity contribution in [3.8, 4) is 0 Å². The van der Waals surface area contributed by atoms with Gasteiger partial charge in [0.25, 0.3) is 6.01 Å². The number of carboxylic acid groups (broad SMARTS) is 1. The summed E-state index contributed by atoms with van der Waals surface area (Å²) >= 11 is 0. The molecule has 2 atom stereocenters. The number of nitrogens with one attached hydrogen (secondary N) is 2. The lowest BCUT2D eigenvalue weighted by atomic mass is 9.89. The standard InChI is InChI=1S/C31H32N4O5/c1-18-5-4-6-19(2)29(18)34-31-33-27-12-7-21(14-28(27)40-31)13-24(37)15-32-23-10-8-22(9-11-23)25-16-35(20(3)36)17-26(25)30(38)39/h4-12,14,25-26,32H,13,15-17H2,1-3H3,(H,33,34)(H,38,39). The summed E-state index contributed by atoms with van der Waals surface area (Å²) in [6.07, 6.45) is 0.241. The second-order valence-corrected chi connectivity index (χ2v) is 10.4. The van der Waals surface area contributed by atoms with Crippen LogP contribution in [0.25, 0.3) is 11.1 Å². The lowest BCUT2D eigenvalue weighted by molar-refractivity contribution is -0.141. The molecule has 0 spiro atoms. The molecule has 3 N–H and O–H groups in total. The van der Waals surface area contributed by atoms with Crippen LogP contribution >= 0.6 is 0 Å². The molecule has 40 heavy (non-hydrogen) atoms. The van der Waals surface area contributed by atoms with Crippen LogP contribution in [0.5, 0.6) is 0 Å². The maximum atomic E-state index is 12.7. The number of anilines is 3. The van der Waals surface area contributed by atoms with E-state index in [0.717, 1.165) is 33.6 Å². The average Bonchev–Trinajstić information content (AvgIpc) is 3.55. The first-order chi connectivity index (χ1) is 19.2. The van der Waals surface area contributed by atoms with Crippen LogP contribution in [0.4, 0.5) is 17.4 Å². The van der Waals surface area contributed by atoms with Gasteiger partial charge in [0.15, 0.2) is 11.4 Å². The van der Waals surface area contributed by atoms with Gasteiger partial charge in [-0.2, -0.15) is 4.98 Å². The fraction of sp³-hybridized carbons (Fsp3) is 0.290. The Morgan fingerprint density at radius 2 is 1.75 bits per heavy atom. The fourth-order valence-corrected chi connectivity index (χ4v) is 5.24. The molecule has 0 aliphatic carbocycles. The number of likely N-dealkylation sites (tertiary alicyclic amines) is 1. The van der Waals surface area contributed by atoms with E-state index in [4.69, 9.17) is 4.42 Å². The number of fused-ring (bicyclic) bond motifs is 1. The molecule has 1 aliphatic heterocycles. The molecule has 9 heteroatoms. The van der Waals surface area contributed by atoms with Crippen LogP contribution in [0.15, 0.2) is 65.1 Å². The van der Waals surface area contributed by atoms with Crippen LogP contribution in [0, 0.1) is 19.8 Å². The number of aryl methyl sites for hydroxylation is 2. The zero-order chi connectivity index (χ0) is 28.4. The van der Waals surface area contributed by atoms with Crippen LogP contribution in [0.1, 0.15) is 35.1 Å². The third-order valence-electron chi connectivity index (χ3n) is 7.48. The Morgan fingerprint density at radius 1 is 1.02 bits per heavy atom. The van der Waals surface area contributed by atoms with Crippen molar-refractivity contribution in [2.24, 2.45) is 5.92 Å². The Morgan fingerprint density at radius 3 is 2.42 bits per heavy atom. The van der Waals surface area contributed by atoms with Crippen molar-refractivity contribution >= 4 is 46.1 Å². The van der Waals surface area contributed by atoms with E-state index in [1.165, 1.54) is 6.92 Å². The highest BCUT2D eigenvalue weighted by atomic mass is 16.4. The average molecular weight is 541 g/mol. The molecule has 1 saturated heterocycles. The van der Waals surface area contributed by atoms with E-state index in [9.17, 15) is 19.5 Å². The predicted molar refractivity (Wildman–Crippen MR) is 153 cm³/mol. The first kappa shape index (κ1) is 26.9. The van der Waals surface area contributed by atoms with Gasteiger partial charge in [-0.1, -0.05) is 36.4 Å². The summed E-state index contributed by atoms with van der Waals surface area (Å²) in [6, 6.07) is 19.4. The number of carbonyl (C=O) groups excluding carboxylic acids is 2. The Hall–Kier alpha value is -4.66. The number of ketones is 1. The zero-order valence-electron chi connectivity index (χ0n) is 22.7. The van der Waals surface area contributed by atoms with Gasteiger partial charge in [0.1, 0.15) is 5.52 Å². The number of oxazole rings is 1. The number of para-hydroxylation sites is 1. The maximum absolute atomic E-state index is 12.7. The first-order valence-electron chi connectivity index (χ1n) is 13.2. The van der Waals surface area contributed by atoms with Crippen LogP contribution in [-0.4, -0.2) is 52.3 Å². The largest absolute Gasteiger partial charge is 0.481 e. The number of carboxylic acids is 1. The predicted octanol–water partition coefficient (Wildman–Crippen LogP) is 5.06. The molecule has 1 amide bonds. The molecule has 1 aromatic heterocycles. The topological polar surface area (TPSA) is 125 Å². The van der Waals surface area contributed by atoms with Gasteiger partial charge < -0.3 is 25.1 Å². The number of Topliss-reactive ketones (excluding diaryl/α,β-unsaturated/α-hetero) is 1. The van der Waals surface area contributed by atoms with Crippen molar-refractivity contribution in [3.63, 3.8) is 0 Å². The molecule has 1 aliphatic rings. The monoisotopic (exact) mass is 540 g/mol. The molecule has 5 rings (SSSR count). The second kappa shape index (κ2) is 11.2. The van der Waals surface area contributed by atoms with E-state index >= 15 is 0 Å². The summed E-state index contributed by atoms with van der Waals surface area (Å²) in [4.78, 5) is 42.3. The van der Waals surface area contributed by atoms with Gasteiger partial charge in [-0.05, 0) is 60.4 Å². The third-order valence-corrected chi connectivity index (χ3v) is 7.48. The second-order valence-electron chi connectivity index (χ2n) is 10.4. The molecule has 1 fully saturated rings. The summed E-state index contributed by atoms with van der Waals surface area (Å²) in [5, 5.41) is 16.0. The zero-order valence-corrected chi connectivity index (χ0v) is 22.7. The number of nitrogens with zero attached hydrogens (tertiary/aromatic N) is 2. The Bertz CT molecular complexity index is 1560. The van der Waals surface area contributed by atoms with Crippen molar-refractivity contribution in [2.75, 3.05) is 30.3 Å². The minimum absolute atomic E-state index is 0.00987. The third kappa shape index (κ3) is 5.83. The molecular weight excluding hydrogens is 508 g/mol. The van der Waals surface area contributed by atoms with Gasteiger partial charge in [-0.3, -0.25) is 14.4 Å². The van der Waals surface area contributed by atoms with Gasteiger partial charge in [-0.15, -0.1) is 0 Å². The van der Waals surface area contributed by atoms with Crippen LogP contribution in [0.3, 0.4) is 0 Å². The summed E-state index contributed by atoms with van der Waals surface area (Å²) in [5.41, 5.74) is 6.93. The number of amides is 1. The molecule has 9 nitrogen and oxygen atoms in total. The van der Waals surface area contributed by atoms with Gasteiger partial charge in [0.05, 0.1) is 12.5 Å². The number of aliphatic carboxylic acids is 1. The van der Waals surface area contributed by atoms with E-state index < -0.39 is 11.9 Å². The maximum Gasteiger partial charge on any atom is 0.308 e. The molecule has 2 heterocycles. The van der Waals surface area contributed by atoms with Crippen LogP contribution in [-0.2, 0) is 20.8 Å². The fourth-order valence-electron chi connectivity index (χ4n) is 5.24. The van der Waals surface area contributed by atoms with E-state index in [0.29, 0.717) is 23.7 Å². The normalized spacial score (nSPS) is 16.7. The number of carbonyl (C=O) groups is 3. The summed E-state index contributed by atoms with van der Waals surface area (Å²) in [7, 11) is 0. The van der Waals surface area contributed by atoms with E-state index in [-0.39, 0.29) is 37.1 Å². The van der Waals surface area contributed by atoms with Gasteiger partial charge in [0.2, 0.25) is 5.91 Å². The Balaban J connectivity index is 1.18. The van der Waals surface area contributed by atoms with Crippen molar-refractivity contribution < 1.29 is 23.9 Å². The highest BCUT2D eigenvalue weighted by Gasteiger charge is 2.39. The quantitative estimate of drug-likeness (QED) is 0.269. The SMILES string of the molecule is CC(=O)N1CC(C(=O)O)C(c2ccc(NCC(=O)Cc3ccc4nc(Nc5c(C)cccc5C)oc4c3)cc2)C1. The molecule has 2 unspecified atom stereocenters. The molecular formula is C31H32N4O5. The molecule has 0 saturated carbocycles. The van der Waals surface area contributed by atoms with E-state index in [2.05, 4.69) is 15.6 Å². The van der Waals surface area contributed by atoms with Crippen molar-refractivity contribution in [1.29, 1.82) is 0 Å². The summed E-state index contributed by atoms with van der Waals surface area (Å²) in [5.74, 6) is -1.92. The Labute approximate surface area is 232 Å². The smallest absolute Gasteiger partial charge is 0.308 e. The molecule has 0 radical (unpaired) electrons. The highest BCUT2D eigenvalue weighted by molar-refractivity contribution is 5.86. The lowest BCUT2D eigenvalue weighted by Gasteiger charge is -2.16. The van der Waals surface area contributed by atoms with E-state index in [1.54, 1.807) is 4.90 Å². The van der Waals surface area contributed by atoms with Crippen molar-refractivity contribution in [2.45, 2.75) is 33.1 Å². The van der Waals surface area contributed by atoms with Gasteiger partial charge >= 0.3 is 5.97 Å².